The van der Waals surface area contributed by atoms with Gasteiger partial charge in [0, 0.05) is 30.3 Å². The molecule has 0 bridgehead atoms. The Bertz CT molecular complexity index is 320. The minimum absolute atomic E-state index is 0.622. The van der Waals surface area contributed by atoms with Crippen LogP contribution in [0.2, 0.25) is 0 Å². The molecule has 0 atom stereocenters. The third-order valence-corrected chi connectivity index (χ3v) is 3.84. The molecule has 0 aliphatic heterocycles. The van der Waals surface area contributed by atoms with Crippen molar-refractivity contribution in [1.29, 1.82) is 0 Å². The van der Waals surface area contributed by atoms with E-state index in [2.05, 4.69) is 62.4 Å². The molecule has 0 aliphatic carbocycles. The van der Waals surface area contributed by atoms with Crippen molar-refractivity contribution in [2.45, 2.75) is 24.7 Å². The molecule has 0 saturated heterocycles. The van der Waals surface area contributed by atoms with Crippen LogP contribution in [0, 0.1) is 0 Å². The number of benzene rings is 1. The molecule has 1 rings (SSSR count). The molecular formula is C15H26N2S. The maximum Gasteiger partial charge on any atom is 0.0106 e. The second kappa shape index (κ2) is 8.57. The van der Waals surface area contributed by atoms with E-state index < -0.39 is 0 Å². The summed E-state index contributed by atoms with van der Waals surface area (Å²) in [6, 6.07) is 8.96. The molecule has 0 radical (unpaired) electrons. The summed E-state index contributed by atoms with van der Waals surface area (Å²) < 4.78 is 0. The standard InChI is InChI=1S/C15H26N2S/c1-13(2)14-5-7-15(8-6-14)18-12-10-16-9-11-17(3)4/h5-8,13,16H,9-12H2,1-4H3. The molecule has 2 nitrogen and oxygen atoms in total. The van der Waals surface area contributed by atoms with Crippen molar-refractivity contribution in [1.82, 2.24) is 10.2 Å². The molecule has 102 valence electrons. The lowest BCUT2D eigenvalue weighted by molar-refractivity contribution is 0.403. The number of thioether (sulfide) groups is 1. The van der Waals surface area contributed by atoms with Crippen molar-refractivity contribution in [3.05, 3.63) is 29.8 Å². The van der Waals surface area contributed by atoms with E-state index >= 15 is 0 Å². The quantitative estimate of drug-likeness (QED) is 0.575. The van der Waals surface area contributed by atoms with Crippen LogP contribution in [0.5, 0.6) is 0 Å². The van der Waals surface area contributed by atoms with Gasteiger partial charge in [0.25, 0.3) is 0 Å². The molecule has 0 aromatic heterocycles. The lowest BCUT2D eigenvalue weighted by Gasteiger charge is -2.10. The second-order valence-electron chi connectivity index (χ2n) is 5.13. The van der Waals surface area contributed by atoms with Gasteiger partial charge in [-0.25, -0.2) is 0 Å². The van der Waals surface area contributed by atoms with Gasteiger partial charge in [-0.15, -0.1) is 11.8 Å². The fourth-order valence-electron chi connectivity index (χ4n) is 1.62. The summed E-state index contributed by atoms with van der Waals surface area (Å²) in [5.74, 6) is 1.76. The minimum Gasteiger partial charge on any atom is -0.315 e. The fourth-order valence-corrected chi connectivity index (χ4v) is 2.43. The van der Waals surface area contributed by atoms with Crippen LogP contribution in [0.3, 0.4) is 0 Å². The summed E-state index contributed by atoms with van der Waals surface area (Å²) in [7, 11) is 4.21. The van der Waals surface area contributed by atoms with Crippen LogP contribution in [0.15, 0.2) is 29.2 Å². The molecular weight excluding hydrogens is 240 g/mol. The van der Waals surface area contributed by atoms with E-state index in [-0.39, 0.29) is 0 Å². The van der Waals surface area contributed by atoms with Gasteiger partial charge in [-0.3, -0.25) is 0 Å². The first-order valence-electron chi connectivity index (χ1n) is 6.68. The van der Waals surface area contributed by atoms with Crippen LogP contribution < -0.4 is 5.32 Å². The molecule has 18 heavy (non-hydrogen) atoms. The highest BCUT2D eigenvalue weighted by molar-refractivity contribution is 7.99. The zero-order valence-corrected chi connectivity index (χ0v) is 12.9. The number of likely N-dealkylation sites (N-methyl/N-ethyl adjacent to an activating group) is 1. The van der Waals surface area contributed by atoms with Crippen LogP contribution >= 0.6 is 11.8 Å². The Morgan fingerprint density at radius 1 is 1.11 bits per heavy atom. The average Bonchev–Trinajstić information content (AvgIpc) is 2.34. The molecule has 1 aromatic carbocycles. The third kappa shape index (κ3) is 6.43. The molecule has 3 heteroatoms. The summed E-state index contributed by atoms with van der Waals surface area (Å²) in [6.07, 6.45) is 0. The minimum atomic E-state index is 0.622. The van der Waals surface area contributed by atoms with E-state index in [0.717, 1.165) is 25.4 Å². The van der Waals surface area contributed by atoms with Crippen LogP contribution in [0.1, 0.15) is 25.3 Å². The van der Waals surface area contributed by atoms with E-state index in [4.69, 9.17) is 0 Å². The summed E-state index contributed by atoms with van der Waals surface area (Å²) in [5, 5.41) is 3.45. The summed E-state index contributed by atoms with van der Waals surface area (Å²) in [4.78, 5) is 3.57. The van der Waals surface area contributed by atoms with Gasteiger partial charge in [0.05, 0.1) is 0 Å². The average molecular weight is 266 g/mol. The number of rotatable bonds is 8. The normalized spacial score (nSPS) is 11.4. The van der Waals surface area contributed by atoms with Gasteiger partial charge in [0.2, 0.25) is 0 Å². The molecule has 0 heterocycles. The fraction of sp³-hybridized carbons (Fsp3) is 0.600. The van der Waals surface area contributed by atoms with Gasteiger partial charge < -0.3 is 10.2 Å². The zero-order valence-electron chi connectivity index (χ0n) is 12.1. The topological polar surface area (TPSA) is 15.3 Å². The van der Waals surface area contributed by atoms with Crippen LogP contribution in [0.4, 0.5) is 0 Å². The zero-order chi connectivity index (χ0) is 13.4. The highest BCUT2D eigenvalue weighted by Crippen LogP contribution is 2.21. The highest BCUT2D eigenvalue weighted by Gasteiger charge is 1.99. The highest BCUT2D eigenvalue weighted by atomic mass is 32.2. The maximum atomic E-state index is 3.45. The van der Waals surface area contributed by atoms with Gasteiger partial charge >= 0.3 is 0 Å². The van der Waals surface area contributed by atoms with Crippen molar-refractivity contribution in [2.24, 2.45) is 0 Å². The van der Waals surface area contributed by atoms with Crippen molar-refractivity contribution in [3.63, 3.8) is 0 Å². The molecule has 0 unspecified atom stereocenters. The van der Waals surface area contributed by atoms with Crippen molar-refractivity contribution >= 4 is 11.8 Å². The lowest BCUT2D eigenvalue weighted by atomic mass is 10.0. The van der Waals surface area contributed by atoms with E-state index in [1.807, 2.05) is 11.8 Å². The Morgan fingerprint density at radius 3 is 2.33 bits per heavy atom. The van der Waals surface area contributed by atoms with Gasteiger partial charge in [-0.05, 0) is 37.7 Å². The Hall–Kier alpha value is -0.510. The molecule has 0 saturated carbocycles. The first-order valence-corrected chi connectivity index (χ1v) is 7.66. The first-order chi connectivity index (χ1) is 8.59. The van der Waals surface area contributed by atoms with E-state index in [1.165, 1.54) is 10.5 Å². The Kier molecular flexibility index (Phi) is 7.40. The van der Waals surface area contributed by atoms with Crippen molar-refractivity contribution < 1.29 is 0 Å². The number of hydrogen-bond acceptors (Lipinski definition) is 3. The molecule has 1 N–H and O–H groups in total. The van der Waals surface area contributed by atoms with Crippen LogP contribution in [-0.2, 0) is 0 Å². The molecule has 0 fully saturated rings. The monoisotopic (exact) mass is 266 g/mol. The largest absolute Gasteiger partial charge is 0.315 e. The van der Waals surface area contributed by atoms with E-state index in [1.54, 1.807) is 0 Å². The smallest absolute Gasteiger partial charge is 0.0106 e. The number of hydrogen-bond donors (Lipinski definition) is 1. The van der Waals surface area contributed by atoms with Crippen molar-refractivity contribution in [2.75, 3.05) is 39.5 Å². The summed E-state index contributed by atoms with van der Waals surface area (Å²) >= 11 is 1.92. The number of nitrogens with zero attached hydrogens (tertiary/aromatic N) is 1. The molecule has 0 spiro atoms. The molecule has 0 amide bonds. The van der Waals surface area contributed by atoms with Crippen molar-refractivity contribution in [3.8, 4) is 0 Å². The van der Waals surface area contributed by atoms with Crippen LogP contribution in [0.25, 0.3) is 0 Å². The van der Waals surface area contributed by atoms with Gasteiger partial charge in [-0.1, -0.05) is 26.0 Å². The summed E-state index contributed by atoms with van der Waals surface area (Å²) in [5.41, 5.74) is 1.42. The predicted octanol–water partition coefficient (Wildman–Crippen LogP) is 3.05. The van der Waals surface area contributed by atoms with E-state index in [9.17, 15) is 0 Å². The third-order valence-electron chi connectivity index (χ3n) is 2.83. The molecule has 0 aliphatic rings. The SMILES string of the molecule is CC(C)c1ccc(SCCNCCN(C)C)cc1. The van der Waals surface area contributed by atoms with Gasteiger partial charge in [-0.2, -0.15) is 0 Å². The van der Waals surface area contributed by atoms with Crippen LogP contribution in [-0.4, -0.2) is 44.4 Å². The second-order valence-corrected chi connectivity index (χ2v) is 6.29. The van der Waals surface area contributed by atoms with E-state index in [0.29, 0.717) is 5.92 Å². The summed E-state index contributed by atoms with van der Waals surface area (Å²) in [6.45, 7) is 7.71. The Labute approximate surface area is 116 Å². The maximum absolute atomic E-state index is 3.45. The van der Waals surface area contributed by atoms with Gasteiger partial charge in [0.1, 0.15) is 0 Å². The van der Waals surface area contributed by atoms with Gasteiger partial charge in [0.15, 0.2) is 0 Å². The number of nitrogens with one attached hydrogen (secondary N) is 1. The Balaban J connectivity index is 2.15. The lowest BCUT2D eigenvalue weighted by Crippen LogP contribution is -2.27. The predicted molar refractivity (Wildman–Crippen MR) is 82.7 cm³/mol. The first kappa shape index (κ1) is 15.5. The molecule has 1 aromatic rings. The Morgan fingerprint density at radius 2 is 1.78 bits per heavy atom.